The number of hydrogen-bond acceptors (Lipinski definition) is 3. The molecule has 104 valence electrons. The fraction of sp³-hybridized carbons (Fsp3) is 0.353. The molecule has 0 aliphatic carbocycles. The third-order valence-electron chi connectivity index (χ3n) is 3.71. The molecule has 2 heterocycles. The molecule has 1 aromatic carbocycles. The van der Waals surface area contributed by atoms with Gasteiger partial charge in [-0.15, -0.1) is 0 Å². The average Bonchev–Trinajstić information content (AvgIpc) is 2.95. The largest absolute Gasteiger partial charge is 0.493 e. The summed E-state index contributed by atoms with van der Waals surface area (Å²) in [5.74, 6) is 1.04. The van der Waals surface area contributed by atoms with Crippen molar-refractivity contribution in [2.75, 3.05) is 13.2 Å². The topological polar surface area (TPSA) is 34.2 Å². The Balaban J connectivity index is 1.83. The first-order chi connectivity index (χ1) is 9.86. The van der Waals surface area contributed by atoms with Gasteiger partial charge in [-0.3, -0.25) is 4.98 Å². The summed E-state index contributed by atoms with van der Waals surface area (Å²) >= 11 is 0. The zero-order valence-corrected chi connectivity index (χ0v) is 11.8. The van der Waals surface area contributed by atoms with Gasteiger partial charge in [0.2, 0.25) is 0 Å². The van der Waals surface area contributed by atoms with E-state index in [9.17, 15) is 0 Å². The SMILES string of the molecule is CCNC(Cc1ccccn1)c1ccc2c(c1)CCO2. The second-order valence-electron chi connectivity index (χ2n) is 5.10. The molecule has 0 saturated heterocycles. The fourth-order valence-corrected chi connectivity index (χ4v) is 2.71. The molecule has 1 unspecified atom stereocenters. The molecule has 0 amide bonds. The lowest BCUT2D eigenvalue weighted by Gasteiger charge is -2.18. The summed E-state index contributed by atoms with van der Waals surface area (Å²) in [6, 6.07) is 12.9. The summed E-state index contributed by atoms with van der Waals surface area (Å²) < 4.78 is 5.58. The molecular formula is C17H20N2O. The van der Waals surface area contributed by atoms with Crippen molar-refractivity contribution in [1.82, 2.24) is 10.3 Å². The third-order valence-corrected chi connectivity index (χ3v) is 3.71. The van der Waals surface area contributed by atoms with Crippen molar-refractivity contribution < 1.29 is 4.74 Å². The molecule has 3 rings (SSSR count). The Bertz CT molecular complexity index is 568. The van der Waals surface area contributed by atoms with Crippen molar-refractivity contribution in [2.24, 2.45) is 0 Å². The number of pyridine rings is 1. The van der Waals surface area contributed by atoms with Crippen LogP contribution in [0.2, 0.25) is 0 Å². The van der Waals surface area contributed by atoms with Crippen LogP contribution >= 0.6 is 0 Å². The molecule has 0 spiro atoms. The van der Waals surface area contributed by atoms with Crippen molar-refractivity contribution >= 4 is 0 Å². The number of aromatic nitrogens is 1. The number of nitrogens with one attached hydrogen (secondary N) is 1. The monoisotopic (exact) mass is 268 g/mol. The lowest BCUT2D eigenvalue weighted by Crippen LogP contribution is -2.23. The number of hydrogen-bond donors (Lipinski definition) is 1. The highest BCUT2D eigenvalue weighted by Gasteiger charge is 2.17. The van der Waals surface area contributed by atoms with Gasteiger partial charge in [-0.1, -0.05) is 25.1 Å². The van der Waals surface area contributed by atoms with Crippen molar-refractivity contribution in [1.29, 1.82) is 0 Å². The van der Waals surface area contributed by atoms with E-state index in [1.165, 1.54) is 11.1 Å². The van der Waals surface area contributed by atoms with Crippen LogP contribution in [0.15, 0.2) is 42.6 Å². The van der Waals surface area contributed by atoms with Gasteiger partial charge < -0.3 is 10.1 Å². The van der Waals surface area contributed by atoms with Crippen LogP contribution in [0.4, 0.5) is 0 Å². The maximum absolute atomic E-state index is 5.58. The van der Waals surface area contributed by atoms with Crippen LogP contribution in [0.25, 0.3) is 0 Å². The number of nitrogens with zero attached hydrogens (tertiary/aromatic N) is 1. The first-order valence-corrected chi connectivity index (χ1v) is 7.25. The minimum Gasteiger partial charge on any atom is -0.493 e. The standard InChI is InChI=1S/C17H20N2O/c1-2-18-16(12-15-5-3-4-9-19-15)13-6-7-17-14(11-13)8-10-20-17/h3-7,9,11,16,18H,2,8,10,12H2,1H3. The van der Waals surface area contributed by atoms with Crippen LogP contribution in [0, 0.1) is 0 Å². The number of likely N-dealkylation sites (N-methyl/N-ethyl adjacent to an activating group) is 1. The quantitative estimate of drug-likeness (QED) is 0.905. The highest BCUT2D eigenvalue weighted by molar-refractivity contribution is 5.41. The Morgan fingerprint density at radius 3 is 3.05 bits per heavy atom. The lowest BCUT2D eigenvalue weighted by atomic mass is 9.98. The lowest BCUT2D eigenvalue weighted by molar-refractivity contribution is 0.356. The van der Waals surface area contributed by atoms with E-state index in [0.717, 1.165) is 37.4 Å². The van der Waals surface area contributed by atoms with Crippen molar-refractivity contribution in [2.45, 2.75) is 25.8 Å². The molecule has 0 saturated carbocycles. The molecule has 1 atom stereocenters. The summed E-state index contributed by atoms with van der Waals surface area (Å²) in [5, 5.41) is 3.56. The number of fused-ring (bicyclic) bond motifs is 1. The predicted molar refractivity (Wildman–Crippen MR) is 80.0 cm³/mol. The van der Waals surface area contributed by atoms with Gasteiger partial charge in [0.1, 0.15) is 5.75 Å². The maximum Gasteiger partial charge on any atom is 0.122 e. The van der Waals surface area contributed by atoms with Gasteiger partial charge in [0, 0.05) is 30.8 Å². The van der Waals surface area contributed by atoms with E-state index in [2.05, 4.69) is 41.5 Å². The molecule has 1 aliphatic rings. The highest BCUT2D eigenvalue weighted by atomic mass is 16.5. The normalized spacial score (nSPS) is 14.7. The summed E-state index contributed by atoms with van der Waals surface area (Å²) in [6.45, 7) is 3.90. The summed E-state index contributed by atoms with van der Waals surface area (Å²) in [7, 11) is 0. The van der Waals surface area contributed by atoms with Crippen LogP contribution in [-0.2, 0) is 12.8 Å². The second-order valence-corrected chi connectivity index (χ2v) is 5.10. The fourth-order valence-electron chi connectivity index (χ4n) is 2.71. The summed E-state index contributed by atoms with van der Waals surface area (Å²) in [6.07, 6.45) is 3.79. The zero-order chi connectivity index (χ0) is 13.8. The number of ether oxygens (including phenoxy) is 1. The Morgan fingerprint density at radius 1 is 1.30 bits per heavy atom. The van der Waals surface area contributed by atoms with E-state index in [4.69, 9.17) is 4.74 Å². The minimum atomic E-state index is 0.306. The number of rotatable bonds is 5. The molecule has 0 fully saturated rings. The van der Waals surface area contributed by atoms with E-state index in [1.54, 1.807) is 0 Å². The average molecular weight is 268 g/mol. The molecular weight excluding hydrogens is 248 g/mol. The first kappa shape index (κ1) is 13.1. The van der Waals surface area contributed by atoms with Gasteiger partial charge in [-0.05, 0) is 35.9 Å². The Morgan fingerprint density at radius 2 is 2.25 bits per heavy atom. The molecule has 0 radical (unpaired) electrons. The van der Waals surface area contributed by atoms with E-state index in [1.807, 2.05) is 18.3 Å². The summed E-state index contributed by atoms with van der Waals surface area (Å²) in [5.41, 5.74) is 3.77. The second kappa shape index (κ2) is 6.06. The van der Waals surface area contributed by atoms with Gasteiger partial charge >= 0.3 is 0 Å². The molecule has 20 heavy (non-hydrogen) atoms. The van der Waals surface area contributed by atoms with Gasteiger partial charge in [-0.25, -0.2) is 0 Å². The van der Waals surface area contributed by atoms with Crippen LogP contribution < -0.4 is 10.1 Å². The highest BCUT2D eigenvalue weighted by Crippen LogP contribution is 2.29. The maximum atomic E-state index is 5.58. The van der Waals surface area contributed by atoms with Gasteiger partial charge in [0.05, 0.1) is 6.61 Å². The van der Waals surface area contributed by atoms with Gasteiger partial charge in [-0.2, -0.15) is 0 Å². The Hall–Kier alpha value is -1.87. The van der Waals surface area contributed by atoms with Crippen LogP contribution in [0.5, 0.6) is 5.75 Å². The van der Waals surface area contributed by atoms with Crippen molar-refractivity contribution in [3.8, 4) is 5.75 Å². The van der Waals surface area contributed by atoms with E-state index in [0.29, 0.717) is 6.04 Å². The molecule has 3 heteroatoms. The van der Waals surface area contributed by atoms with E-state index < -0.39 is 0 Å². The molecule has 1 aromatic heterocycles. The number of benzene rings is 1. The van der Waals surface area contributed by atoms with Crippen molar-refractivity contribution in [3.63, 3.8) is 0 Å². The molecule has 0 bridgehead atoms. The molecule has 2 aromatic rings. The van der Waals surface area contributed by atoms with Crippen LogP contribution in [-0.4, -0.2) is 18.1 Å². The smallest absolute Gasteiger partial charge is 0.122 e. The zero-order valence-electron chi connectivity index (χ0n) is 11.8. The first-order valence-electron chi connectivity index (χ1n) is 7.25. The van der Waals surface area contributed by atoms with Crippen molar-refractivity contribution in [3.05, 3.63) is 59.4 Å². The minimum absolute atomic E-state index is 0.306. The van der Waals surface area contributed by atoms with E-state index >= 15 is 0 Å². The molecule has 3 nitrogen and oxygen atoms in total. The Labute approximate surface area is 120 Å². The van der Waals surface area contributed by atoms with Crippen LogP contribution in [0.3, 0.4) is 0 Å². The third kappa shape index (κ3) is 2.83. The Kier molecular flexibility index (Phi) is 3.97. The molecule has 1 aliphatic heterocycles. The van der Waals surface area contributed by atoms with E-state index in [-0.39, 0.29) is 0 Å². The molecule has 1 N–H and O–H groups in total. The van der Waals surface area contributed by atoms with Gasteiger partial charge in [0.25, 0.3) is 0 Å². The predicted octanol–water partition coefficient (Wildman–Crippen LogP) is 2.91. The van der Waals surface area contributed by atoms with Gasteiger partial charge in [0.15, 0.2) is 0 Å². The summed E-state index contributed by atoms with van der Waals surface area (Å²) in [4.78, 5) is 4.43. The van der Waals surface area contributed by atoms with Crippen LogP contribution in [0.1, 0.15) is 29.8 Å².